The van der Waals surface area contributed by atoms with Gasteiger partial charge in [0.1, 0.15) is 17.5 Å². The molecule has 1 aromatic heterocycles. The van der Waals surface area contributed by atoms with Crippen LogP contribution in [0.15, 0.2) is 36.5 Å². The molecule has 1 saturated heterocycles. The molecule has 3 rings (SSSR count). The van der Waals surface area contributed by atoms with Gasteiger partial charge in [-0.3, -0.25) is 4.90 Å². The molecular formula is C16H18F2N4. The van der Waals surface area contributed by atoms with Crippen molar-refractivity contribution in [3.63, 3.8) is 0 Å². The third-order valence-corrected chi connectivity index (χ3v) is 3.94. The van der Waals surface area contributed by atoms with Crippen molar-refractivity contribution in [2.24, 2.45) is 0 Å². The summed E-state index contributed by atoms with van der Waals surface area (Å²) in [6.07, 6.45) is 1.67. The summed E-state index contributed by atoms with van der Waals surface area (Å²) in [6.45, 7) is 3.56. The minimum absolute atomic E-state index is 0.334. The predicted octanol–water partition coefficient (Wildman–Crippen LogP) is 2.26. The number of nitrogens with zero attached hydrogens (tertiary/aromatic N) is 3. The van der Waals surface area contributed by atoms with Crippen LogP contribution in [0.3, 0.4) is 0 Å². The van der Waals surface area contributed by atoms with Crippen LogP contribution in [-0.4, -0.2) is 36.1 Å². The zero-order chi connectivity index (χ0) is 15.5. The highest BCUT2D eigenvalue weighted by Gasteiger charge is 2.20. The molecule has 22 heavy (non-hydrogen) atoms. The molecule has 0 aliphatic carbocycles. The molecule has 0 unspecified atom stereocenters. The van der Waals surface area contributed by atoms with Gasteiger partial charge >= 0.3 is 0 Å². The first-order valence-corrected chi connectivity index (χ1v) is 7.25. The van der Waals surface area contributed by atoms with E-state index in [1.54, 1.807) is 6.20 Å². The van der Waals surface area contributed by atoms with Crippen molar-refractivity contribution in [2.45, 2.75) is 6.54 Å². The Morgan fingerprint density at radius 1 is 1.09 bits per heavy atom. The number of nitrogen functional groups attached to an aromatic ring is 1. The Morgan fingerprint density at radius 3 is 2.59 bits per heavy atom. The summed E-state index contributed by atoms with van der Waals surface area (Å²) in [4.78, 5) is 8.19. The molecule has 1 aromatic carbocycles. The second kappa shape index (κ2) is 6.27. The van der Waals surface area contributed by atoms with Crippen LogP contribution in [-0.2, 0) is 6.54 Å². The van der Waals surface area contributed by atoms with Crippen LogP contribution in [0.5, 0.6) is 0 Å². The maximum absolute atomic E-state index is 13.8. The number of hydrogen-bond donors (Lipinski definition) is 1. The molecule has 2 N–H and O–H groups in total. The van der Waals surface area contributed by atoms with Gasteiger partial charge in [0, 0.05) is 50.6 Å². The number of anilines is 2. The van der Waals surface area contributed by atoms with E-state index in [0.717, 1.165) is 31.3 Å². The zero-order valence-corrected chi connectivity index (χ0v) is 12.2. The largest absolute Gasteiger partial charge is 0.383 e. The average molecular weight is 304 g/mol. The number of benzene rings is 1. The molecular weight excluding hydrogens is 286 g/mol. The number of nitrogens with two attached hydrogens (primary N) is 1. The SMILES string of the molecule is Nc1ncccc1CN1CCN(c2cc(F)ccc2F)CC1. The Hall–Kier alpha value is -2.21. The summed E-state index contributed by atoms with van der Waals surface area (Å²) in [5, 5.41) is 0. The minimum Gasteiger partial charge on any atom is -0.383 e. The van der Waals surface area contributed by atoms with E-state index < -0.39 is 5.82 Å². The van der Waals surface area contributed by atoms with Crippen LogP contribution in [0.4, 0.5) is 20.3 Å². The molecule has 1 aliphatic rings. The lowest BCUT2D eigenvalue weighted by atomic mass is 10.2. The van der Waals surface area contributed by atoms with Gasteiger partial charge in [-0.1, -0.05) is 6.07 Å². The van der Waals surface area contributed by atoms with Gasteiger partial charge in [0.25, 0.3) is 0 Å². The molecule has 6 heteroatoms. The molecule has 0 saturated carbocycles. The van der Waals surface area contributed by atoms with Gasteiger partial charge in [-0.2, -0.15) is 0 Å². The van der Waals surface area contributed by atoms with Crippen molar-refractivity contribution >= 4 is 11.5 Å². The fraction of sp³-hybridized carbons (Fsp3) is 0.312. The van der Waals surface area contributed by atoms with Gasteiger partial charge in [0.15, 0.2) is 0 Å². The highest BCUT2D eigenvalue weighted by molar-refractivity contribution is 5.48. The second-order valence-corrected chi connectivity index (χ2v) is 5.41. The van der Waals surface area contributed by atoms with Crippen molar-refractivity contribution in [3.05, 3.63) is 53.7 Å². The number of hydrogen-bond acceptors (Lipinski definition) is 4. The topological polar surface area (TPSA) is 45.4 Å². The van der Waals surface area contributed by atoms with E-state index in [1.165, 1.54) is 12.1 Å². The maximum Gasteiger partial charge on any atom is 0.146 e. The molecule has 0 spiro atoms. The summed E-state index contributed by atoms with van der Waals surface area (Å²) in [6, 6.07) is 7.39. The first kappa shape index (κ1) is 14.7. The minimum atomic E-state index is -0.415. The molecule has 1 aliphatic heterocycles. The second-order valence-electron chi connectivity index (χ2n) is 5.41. The van der Waals surface area contributed by atoms with Crippen molar-refractivity contribution < 1.29 is 8.78 Å². The summed E-state index contributed by atoms with van der Waals surface area (Å²) < 4.78 is 27.1. The van der Waals surface area contributed by atoms with E-state index in [4.69, 9.17) is 5.73 Å². The number of pyridine rings is 1. The lowest BCUT2D eigenvalue weighted by molar-refractivity contribution is 0.249. The smallest absolute Gasteiger partial charge is 0.146 e. The molecule has 0 bridgehead atoms. The van der Waals surface area contributed by atoms with Gasteiger partial charge < -0.3 is 10.6 Å². The molecule has 116 valence electrons. The standard InChI is InChI=1S/C16H18F2N4/c17-13-3-4-14(18)15(10-13)22-8-6-21(7-9-22)11-12-2-1-5-20-16(12)19/h1-5,10H,6-9,11H2,(H2,19,20). The molecule has 2 aromatic rings. The van der Waals surface area contributed by atoms with Crippen molar-refractivity contribution in [3.8, 4) is 0 Å². The molecule has 0 radical (unpaired) electrons. The lowest BCUT2D eigenvalue weighted by Gasteiger charge is -2.36. The number of halogens is 2. The molecule has 4 nitrogen and oxygen atoms in total. The zero-order valence-electron chi connectivity index (χ0n) is 12.2. The molecule has 0 atom stereocenters. The third-order valence-electron chi connectivity index (χ3n) is 3.94. The molecule has 0 amide bonds. The Balaban J connectivity index is 1.63. The van der Waals surface area contributed by atoms with Crippen molar-refractivity contribution in [1.29, 1.82) is 0 Å². The monoisotopic (exact) mass is 304 g/mol. The lowest BCUT2D eigenvalue weighted by Crippen LogP contribution is -2.46. The predicted molar refractivity (Wildman–Crippen MR) is 82.5 cm³/mol. The van der Waals surface area contributed by atoms with E-state index in [-0.39, 0.29) is 5.82 Å². The van der Waals surface area contributed by atoms with Gasteiger partial charge in [-0.25, -0.2) is 13.8 Å². The highest BCUT2D eigenvalue weighted by Crippen LogP contribution is 2.22. The van der Waals surface area contributed by atoms with E-state index in [0.29, 0.717) is 24.6 Å². The fourth-order valence-electron chi connectivity index (χ4n) is 2.70. The van der Waals surface area contributed by atoms with Crippen LogP contribution in [0.1, 0.15) is 5.56 Å². The van der Waals surface area contributed by atoms with Crippen molar-refractivity contribution in [2.75, 3.05) is 36.8 Å². The third kappa shape index (κ3) is 3.17. The average Bonchev–Trinajstić information content (AvgIpc) is 2.53. The summed E-state index contributed by atoms with van der Waals surface area (Å²) in [5.74, 6) is -0.255. The van der Waals surface area contributed by atoms with Crippen LogP contribution in [0.2, 0.25) is 0 Å². The number of piperazine rings is 1. The Kier molecular flexibility index (Phi) is 4.20. The Morgan fingerprint density at radius 2 is 1.86 bits per heavy atom. The molecule has 1 fully saturated rings. The molecule has 2 heterocycles. The highest BCUT2D eigenvalue weighted by atomic mass is 19.1. The van der Waals surface area contributed by atoms with Gasteiger partial charge in [-0.15, -0.1) is 0 Å². The van der Waals surface area contributed by atoms with Gasteiger partial charge in [0.05, 0.1) is 5.69 Å². The summed E-state index contributed by atoms with van der Waals surface area (Å²) in [7, 11) is 0. The van der Waals surface area contributed by atoms with E-state index in [9.17, 15) is 8.78 Å². The summed E-state index contributed by atoms with van der Waals surface area (Å²) in [5.41, 5.74) is 7.18. The number of aromatic nitrogens is 1. The van der Waals surface area contributed by atoms with Crippen LogP contribution >= 0.6 is 0 Å². The Bertz CT molecular complexity index is 654. The summed E-state index contributed by atoms with van der Waals surface area (Å²) >= 11 is 0. The van der Waals surface area contributed by atoms with E-state index in [2.05, 4.69) is 9.88 Å². The number of rotatable bonds is 3. The van der Waals surface area contributed by atoms with Crippen molar-refractivity contribution in [1.82, 2.24) is 9.88 Å². The van der Waals surface area contributed by atoms with Crippen LogP contribution in [0, 0.1) is 11.6 Å². The fourth-order valence-corrected chi connectivity index (χ4v) is 2.70. The normalized spacial score (nSPS) is 16.0. The first-order valence-electron chi connectivity index (χ1n) is 7.25. The van der Waals surface area contributed by atoms with E-state index in [1.807, 2.05) is 17.0 Å². The van der Waals surface area contributed by atoms with Crippen LogP contribution < -0.4 is 10.6 Å². The Labute approximate surface area is 128 Å². The van der Waals surface area contributed by atoms with Crippen LogP contribution in [0.25, 0.3) is 0 Å². The van der Waals surface area contributed by atoms with Gasteiger partial charge in [0.2, 0.25) is 0 Å². The van der Waals surface area contributed by atoms with E-state index >= 15 is 0 Å². The quantitative estimate of drug-likeness (QED) is 0.945. The first-order chi connectivity index (χ1) is 10.6. The van der Waals surface area contributed by atoms with Gasteiger partial charge in [-0.05, 0) is 18.2 Å². The maximum atomic E-state index is 13.8.